The predicted molar refractivity (Wildman–Crippen MR) is 109 cm³/mol. The predicted octanol–water partition coefficient (Wildman–Crippen LogP) is 6.72. The quantitative estimate of drug-likeness (QED) is 0.442. The standard InChI is InChI=1S/C22H43NO2/c1-11-15-21(10,16-14-18(6)17(4)5)22(12-2,13-3)23-19(24)25-20(7,8)9/h12,17-18H,2,11,13-16H2,1,3-10H3,(H,23,24)/t18?,21-,22?/m1/s1. The van der Waals surface area contributed by atoms with Crippen LogP contribution in [0.4, 0.5) is 4.79 Å². The van der Waals surface area contributed by atoms with Gasteiger partial charge in [-0.15, -0.1) is 6.58 Å². The Bertz CT molecular complexity index is 424. The first-order valence-corrected chi connectivity index (χ1v) is 10.0. The molecule has 1 amide bonds. The van der Waals surface area contributed by atoms with E-state index in [-0.39, 0.29) is 11.5 Å². The topological polar surface area (TPSA) is 38.3 Å². The molecular formula is C22H43NO2. The Labute approximate surface area is 157 Å². The second-order valence-corrected chi connectivity index (χ2v) is 9.23. The highest BCUT2D eigenvalue weighted by molar-refractivity contribution is 5.69. The summed E-state index contributed by atoms with van der Waals surface area (Å²) in [5.74, 6) is 1.33. The van der Waals surface area contributed by atoms with Gasteiger partial charge in [-0.25, -0.2) is 4.79 Å². The van der Waals surface area contributed by atoms with E-state index >= 15 is 0 Å². The number of hydrogen-bond donors (Lipinski definition) is 1. The van der Waals surface area contributed by atoms with Crippen molar-refractivity contribution in [2.75, 3.05) is 0 Å². The largest absolute Gasteiger partial charge is 0.444 e. The van der Waals surface area contributed by atoms with Gasteiger partial charge in [0, 0.05) is 0 Å². The van der Waals surface area contributed by atoms with Gasteiger partial charge in [-0.2, -0.15) is 0 Å². The van der Waals surface area contributed by atoms with E-state index in [9.17, 15) is 4.79 Å². The SMILES string of the molecule is C=CC(CC)(NC(=O)OC(C)(C)C)[C@](C)(CCC)CCC(C)C(C)C. The van der Waals surface area contributed by atoms with Crippen LogP contribution in [0, 0.1) is 17.3 Å². The van der Waals surface area contributed by atoms with E-state index in [1.54, 1.807) is 0 Å². The van der Waals surface area contributed by atoms with Gasteiger partial charge in [-0.3, -0.25) is 0 Å². The van der Waals surface area contributed by atoms with E-state index in [0.29, 0.717) is 11.8 Å². The first kappa shape index (κ1) is 24.0. The summed E-state index contributed by atoms with van der Waals surface area (Å²) in [6, 6.07) is 0. The van der Waals surface area contributed by atoms with Gasteiger partial charge in [0.1, 0.15) is 5.60 Å². The van der Waals surface area contributed by atoms with Gasteiger partial charge in [-0.1, -0.05) is 54.0 Å². The Morgan fingerprint density at radius 3 is 2.04 bits per heavy atom. The molecule has 148 valence electrons. The summed E-state index contributed by atoms with van der Waals surface area (Å²) >= 11 is 0. The van der Waals surface area contributed by atoms with Crippen LogP contribution < -0.4 is 5.32 Å². The van der Waals surface area contributed by atoms with Crippen molar-refractivity contribution < 1.29 is 9.53 Å². The Kier molecular flexibility index (Phi) is 9.26. The fraction of sp³-hybridized carbons (Fsp3) is 0.864. The highest BCUT2D eigenvalue weighted by atomic mass is 16.6. The molecule has 0 bridgehead atoms. The van der Waals surface area contributed by atoms with Crippen LogP contribution in [-0.4, -0.2) is 17.2 Å². The summed E-state index contributed by atoms with van der Waals surface area (Å²) in [6.45, 7) is 23.3. The third-order valence-corrected chi connectivity index (χ3v) is 5.80. The van der Waals surface area contributed by atoms with E-state index in [0.717, 1.165) is 32.1 Å². The Balaban J connectivity index is 5.53. The Hall–Kier alpha value is -0.990. The van der Waals surface area contributed by atoms with Gasteiger partial charge in [0.25, 0.3) is 0 Å². The minimum absolute atomic E-state index is 0.0433. The molecule has 0 radical (unpaired) electrons. The van der Waals surface area contributed by atoms with Crippen LogP contribution in [-0.2, 0) is 4.74 Å². The van der Waals surface area contributed by atoms with Crippen molar-refractivity contribution >= 4 is 6.09 Å². The van der Waals surface area contributed by atoms with Crippen LogP contribution in [0.15, 0.2) is 12.7 Å². The third-order valence-electron chi connectivity index (χ3n) is 5.80. The van der Waals surface area contributed by atoms with Gasteiger partial charge >= 0.3 is 6.09 Å². The normalized spacial score (nSPS) is 18.2. The fourth-order valence-electron chi connectivity index (χ4n) is 3.60. The lowest BCUT2D eigenvalue weighted by molar-refractivity contribution is 0.0311. The number of hydrogen-bond acceptors (Lipinski definition) is 2. The average molecular weight is 354 g/mol. The zero-order valence-corrected chi connectivity index (χ0v) is 18.3. The van der Waals surface area contributed by atoms with Gasteiger partial charge in [0.2, 0.25) is 0 Å². The second kappa shape index (κ2) is 9.64. The molecule has 3 atom stereocenters. The number of carbonyl (C=O) groups excluding carboxylic acids is 1. The molecule has 0 fully saturated rings. The van der Waals surface area contributed by atoms with Crippen LogP contribution >= 0.6 is 0 Å². The molecule has 0 aromatic heterocycles. The highest BCUT2D eigenvalue weighted by Crippen LogP contribution is 2.44. The second-order valence-electron chi connectivity index (χ2n) is 9.23. The average Bonchev–Trinajstić information content (AvgIpc) is 2.48. The van der Waals surface area contributed by atoms with Crippen LogP contribution in [0.3, 0.4) is 0 Å². The van der Waals surface area contributed by atoms with Gasteiger partial charge in [0.15, 0.2) is 0 Å². The molecule has 0 heterocycles. The van der Waals surface area contributed by atoms with Crippen LogP contribution in [0.25, 0.3) is 0 Å². The summed E-state index contributed by atoms with van der Waals surface area (Å²) in [5.41, 5.74) is -1.00. The van der Waals surface area contributed by atoms with Gasteiger partial charge < -0.3 is 10.1 Å². The van der Waals surface area contributed by atoms with E-state index in [4.69, 9.17) is 4.74 Å². The van der Waals surface area contributed by atoms with Crippen LogP contribution in [0.5, 0.6) is 0 Å². The maximum absolute atomic E-state index is 12.5. The minimum atomic E-state index is -0.502. The highest BCUT2D eigenvalue weighted by Gasteiger charge is 2.45. The molecule has 0 rings (SSSR count). The molecule has 3 nitrogen and oxygen atoms in total. The molecule has 0 aliphatic carbocycles. The number of alkyl carbamates (subject to hydrolysis) is 1. The van der Waals surface area contributed by atoms with E-state index in [1.807, 2.05) is 26.8 Å². The molecule has 0 saturated carbocycles. The van der Waals surface area contributed by atoms with Crippen LogP contribution in [0.1, 0.15) is 94.4 Å². The summed E-state index contributed by atoms with van der Waals surface area (Å²) in [5, 5.41) is 3.19. The first-order valence-electron chi connectivity index (χ1n) is 10.0. The third kappa shape index (κ3) is 7.03. The van der Waals surface area contributed by atoms with E-state index < -0.39 is 11.1 Å². The Morgan fingerprint density at radius 2 is 1.68 bits per heavy atom. The number of ether oxygens (including phenoxy) is 1. The molecule has 3 heteroatoms. The summed E-state index contributed by atoms with van der Waals surface area (Å²) in [4.78, 5) is 12.5. The molecule has 1 N–H and O–H groups in total. The van der Waals surface area contributed by atoms with Crippen molar-refractivity contribution in [3.05, 3.63) is 12.7 Å². The number of carbonyl (C=O) groups is 1. The number of amides is 1. The Morgan fingerprint density at radius 1 is 1.12 bits per heavy atom. The van der Waals surface area contributed by atoms with Crippen molar-refractivity contribution in [3.63, 3.8) is 0 Å². The zero-order chi connectivity index (χ0) is 19.9. The van der Waals surface area contributed by atoms with E-state index in [2.05, 4.69) is 53.4 Å². The maximum Gasteiger partial charge on any atom is 0.408 e. The lowest BCUT2D eigenvalue weighted by Gasteiger charge is -2.48. The van der Waals surface area contributed by atoms with Gasteiger partial charge in [0.05, 0.1) is 5.54 Å². The van der Waals surface area contributed by atoms with Crippen molar-refractivity contribution in [3.8, 4) is 0 Å². The molecule has 0 aromatic rings. The van der Waals surface area contributed by atoms with E-state index in [1.165, 1.54) is 0 Å². The van der Waals surface area contributed by atoms with Crippen molar-refractivity contribution in [2.24, 2.45) is 17.3 Å². The molecule has 0 saturated heterocycles. The smallest absolute Gasteiger partial charge is 0.408 e. The first-order chi connectivity index (χ1) is 11.4. The van der Waals surface area contributed by atoms with Gasteiger partial charge in [-0.05, 0) is 63.7 Å². The monoisotopic (exact) mass is 353 g/mol. The van der Waals surface area contributed by atoms with Crippen molar-refractivity contribution in [2.45, 2.75) is 106 Å². The lowest BCUT2D eigenvalue weighted by Crippen LogP contribution is -2.58. The van der Waals surface area contributed by atoms with Crippen molar-refractivity contribution in [1.29, 1.82) is 0 Å². The molecule has 0 aliphatic heterocycles. The number of nitrogens with one attached hydrogen (secondary N) is 1. The molecular weight excluding hydrogens is 310 g/mol. The number of rotatable bonds is 10. The minimum Gasteiger partial charge on any atom is -0.444 e. The molecule has 0 aliphatic rings. The summed E-state index contributed by atoms with van der Waals surface area (Å²) in [6.07, 6.45) is 6.74. The molecule has 0 spiro atoms. The molecule has 0 aromatic carbocycles. The van der Waals surface area contributed by atoms with Crippen molar-refractivity contribution in [1.82, 2.24) is 5.32 Å². The molecule has 2 unspecified atom stereocenters. The fourth-order valence-corrected chi connectivity index (χ4v) is 3.60. The summed E-state index contributed by atoms with van der Waals surface area (Å²) < 4.78 is 5.54. The van der Waals surface area contributed by atoms with Crippen LogP contribution in [0.2, 0.25) is 0 Å². The molecule has 25 heavy (non-hydrogen) atoms. The maximum atomic E-state index is 12.5. The lowest BCUT2D eigenvalue weighted by atomic mass is 9.63. The zero-order valence-electron chi connectivity index (χ0n) is 18.3. The summed E-state index contributed by atoms with van der Waals surface area (Å²) in [7, 11) is 0.